The molecule has 10 heteroatoms. The van der Waals surface area contributed by atoms with Crippen LogP contribution in [0.4, 0.5) is 5.69 Å². The van der Waals surface area contributed by atoms with Gasteiger partial charge in [-0.15, -0.1) is 0 Å². The summed E-state index contributed by atoms with van der Waals surface area (Å²) < 4.78 is 5.26. The summed E-state index contributed by atoms with van der Waals surface area (Å²) in [6.07, 6.45) is 8.65. The number of carboxylic acids is 1. The second-order valence-electron chi connectivity index (χ2n) is 10.9. The van der Waals surface area contributed by atoms with Gasteiger partial charge in [-0.3, -0.25) is 14.9 Å². The molecular formula is C38H34N4O6. The molecule has 0 unspecified atom stereocenters. The first-order valence-corrected chi connectivity index (χ1v) is 15.4. The minimum absolute atomic E-state index is 0.110. The molecule has 0 aliphatic heterocycles. The molecule has 0 bridgehead atoms. The van der Waals surface area contributed by atoms with Crippen molar-refractivity contribution in [2.24, 2.45) is 0 Å². The summed E-state index contributed by atoms with van der Waals surface area (Å²) in [6.45, 7) is 0.599. The average molecular weight is 643 g/mol. The SMILES string of the molecule is COc1cccc(-c2nc(-c3ccc(C=CC(=O)NCCCCc4ccccc4)cc3)c(-c3ccc(C=CC(=O)O)cc3)[nH]2)c1[N+](=O)[O-]. The van der Waals surface area contributed by atoms with Crippen LogP contribution in [-0.2, 0) is 16.0 Å². The molecule has 0 fully saturated rings. The number of H-pyrrole nitrogens is 1. The second-order valence-corrected chi connectivity index (χ2v) is 10.9. The van der Waals surface area contributed by atoms with Crippen LogP contribution in [0.5, 0.6) is 5.75 Å². The van der Waals surface area contributed by atoms with Crippen molar-refractivity contribution >= 4 is 29.7 Å². The molecule has 10 nitrogen and oxygen atoms in total. The zero-order valence-electron chi connectivity index (χ0n) is 26.3. The number of hydrogen-bond acceptors (Lipinski definition) is 6. The average Bonchev–Trinajstić information content (AvgIpc) is 3.55. The number of carbonyl (C=O) groups is 2. The topological polar surface area (TPSA) is 147 Å². The van der Waals surface area contributed by atoms with Crippen LogP contribution in [-0.4, -0.2) is 45.5 Å². The molecule has 0 spiro atoms. The normalized spacial score (nSPS) is 11.2. The molecule has 48 heavy (non-hydrogen) atoms. The number of hydrogen-bond donors (Lipinski definition) is 3. The summed E-state index contributed by atoms with van der Waals surface area (Å²) in [7, 11) is 1.37. The van der Waals surface area contributed by atoms with E-state index in [4.69, 9.17) is 14.8 Å². The van der Waals surface area contributed by atoms with Crippen molar-refractivity contribution in [2.75, 3.05) is 13.7 Å². The summed E-state index contributed by atoms with van der Waals surface area (Å²) in [5.41, 5.74) is 5.50. The van der Waals surface area contributed by atoms with E-state index >= 15 is 0 Å². The van der Waals surface area contributed by atoms with E-state index in [0.29, 0.717) is 23.5 Å². The Morgan fingerprint density at radius 3 is 2.19 bits per heavy atom. The number of imidazole rings is 1. The highest BCUT2D eigenvalue weighted by molar-refractivity contribution is 5.92. The number of para-hydroxylation sites is 1. The van der Waals surface area contributed by atoms with E-state index in [0.717, 1.165) is 42.0 Å². The third kappa shape index (κ3) is 8.49. The number of aliphatic carboxylic acids is 1. The standard InChI is InChI=1S/C38H34N4O6/c1-48-32-12-7-11-31(37(32)42(46)47)38-40-35(36(41-38)30-21-15-28(16-22-30)18-24-34(44)45)29-19-13-27(14-20-29)17-23-33(43)39-25-6-5-10-26-8-3-2-4-9-26/h2-4,7-9,11-24H,5-6,10,25H2,1H3,(H,39,43)(H,40,41)(H,44,45). The minimum atomic E-state index is -1.05. The molecule has 1 amide bonds. The van der Waals surface area contributed by atoms with Crippen molar-refractivity contribution in [2.45, 2.75) is 19.3 Å². The third-order valence-electron chi connectivity index (χ3n) is 7.62. The van der Waals surface area contributed by atoms with E-state index in [1.165, 1.54) is 30.9 Å². The molecule has 1 heterocycles. The van der Waals surface area contributed by atoms with Crippen LogP contribution in [0.15, 0.2) is 109 Å². The smallest absolute Gasteiger partial charge is 0.328 e. The first-order chi connectivity index (χ1) is 23.3. The Hall–Kier alpha value is -6.29. The molecule has 1 aromatic heterocycles. The molecule has 0 radical (unpaired) electrons. The molecule has 242 valence electrons. The van der Waals surface area contributed by atoms with Gasteiger partial charge in [-0.05, 0) is 60.2 Å². The largest absolute Gasteiger partial charge is 0.490 e. The Kier molecular flexibility index (Phi) is 10.9. The second kappa shape index (κ2) is 15.8. The zero-order valence-corrected chi connectivity index (χ0v) is 26.3. The fourth-order valence-corrected chi connectivity index (χ4v) is 5.21. The van der Waals surface area contributed by atoms with Gasteiger partial charge >= 0.3 is 11.7 Å². The van der Waals surface area contributed by atoms with E-state index in [9.17, 15) is 19.7 Å². The quantitative estimate of drug-likeness (QED) is 0.0490. The number of aryl methyl sites for hydroxylation is 1. The number of benzene rings is 4. The molecular weight excluding hydrogens is 608 g/mol. The Labute approximate surface area is 277 Å². The first-order valence-electron chi connectivity index (χ1n) is 15.4. The van der Waals surface area contributed by atoms with Gasteiger partial charge in [0.1, 0.15) is 5.82 Å². The number of ether oxygens (including phenoxy) is 1. The predicted molar refractivity (Wildman–Crippen MR) is 186 cm³/mol. The van der Waals surface area contributed by atoms with Gasteiger partial charge in [-0.25, -0.2) is 9.78 Å². The van der Waals surface area contributed by atoms with Crippen LogP contribution in [0.2, 0.25) is 0 Å². The highest BCUT2D eigenvalue weighted by atomic mass is 16.6. The lowest BCUT2D eigenvalue weighted by Gasteiger charge is -2.05. The number of nitro benzene ring substituents is 1. The van der Waals surface area contributed by atoms with Crippen molar-refractivity contribution in [3.63, 3.8) is 0 Å². The molecule has 0 aliphatic carbocycles. The summed E-state index contributed by atoms with van der Waals surface area (Å²) in [6, 6.07) is 29.7. The van der Waals surface area contributed by atoms with Gasteiger partial charge < -0.3 is 20.1 Å². The highest BCUT2D eigenvalue weighted by Crippen LogP contribution is 2.40. The molecule has 5 aromatic rings. The molecule has 0 saturated carbocycles. The molecule has 0 aliphatic rings. The number of aromatic nitrogens is 2. The molecule has 4 aromatic carbocycles. The van der Waals surface area contributed by atoms with Crippen molar-refractivity contribution in [3.8, 4) is 39.7 Å². The van der Waals surface area contributed by atoms with Crippen LogP contribution in [0, 0.1) is 10.1 Å². The number of nitrogens with zero attached hydrogens (tertiary/aromatic N) is 2. The van der Waals surface area contributed by atoms with E-state index < -0.39 is 10.9 Å². The predicted octanol–water partition coefficient (Wildman–Crippen LogP) is 7.58. The number of nitrogens with one attached hydrogen (secondary N) is 2. The Morgan fingerprint density at radius 2 is 1.54 bits per heavy atom. The van der Waals surface area contributed by atoms with Gasteiger partial charge in [0.25, 0.3) is 0 Å². The first kappa shape index (κ1) is 33.1. The lowest BCUT2D eigenvalue weighted by atomic mass is 10.0. The van der Waals surface area contributed by atoms with E-state index in [1.54, 1.807) is 30.3 Å². The van der Waals surface area contributed by atoms with Gasteiger partial charge in [-0.1, -0.05) is 84.9 Å². The zero-order chi connectivity index (χ0) is 33.9. The van der Waals surface area contributed by atoms with Crippen molar-refractivity contribution in [1.29, 1.82) is 0 Å². The van der Waals surface area contributed by atoms with E-state index in [2.05, 4.69) is 22.4 Å². The van der Waals surface area contributed by atoms with Gasteiger partial charge in [-0.2, -0.15) is 0 Å². The maximum absolute atomic E-state index is 12.4. The fourth-order valence-electron chi connectivity index (χ4n) is 5.21. The third-order valence-corrected chi connectivity index (χ3v) is 7.62. The van der Waals surface area contributed by atoms with Gasteiger partial charge in [0.15, 0.2) is 5.75 Å². The van der Waals surface area contributed by atoms with Gasteiger partial charge in [0, 0.05) is 29.8 Å². The van der Waals surface area contributed by atoms with Crippen molar-refractivity contribution < 1.29 is 24.4 Å². The van der Waals surface area contributed by atoms with Gasteiger partial charge in [0.05, 0.1) is 29.0 Å². The van der Waals surface area contributed by atoms with Crippen LogP contribution < -0.4 is 10.1 Å². The number of aromatic amines is 1. The maximum atomic E-state index is 12.4. The number of methoxy groups -OCH3 is 1. The van der Waals surface area contributed by atoms with Crippen molar-refractivity contribution in [3.05, 3.63) is 136 Å². The van der Waals surface area contributed by atoms with Crippen LogP contribution >= 0.6 is 0 Å². The summed E-state index contributed by atoms with van der Waals surface area (Å²) >= 11 is 0. The fraction of sp³-hybridized carbons (Fsp3) is 0.132. The number of nitro groups is 1. The summed E-state index contributed by atoms with van der Waals surface area (Å²) in [5, 5.41) is 23.9. The number of carboxylic acid groups (broad SMARTS) is 1. The lowest BCUT2D eigenvalue weighted by Crippen LogP contribution is -2.22. The maximum Gasteiger partial charge on any atom is 0.328 e. The molecule has 3 N–H and O–H groups in total. The summed E-state index contributed by atoms with van der Waals surface area (Å²) in [4.78, 5) is 43.0. The number of rotatable bonds is 14. The Morgan fingerprint density at radius 1 is 0.875 bits per heavy atom. The van der Waals surface area contributed by atoms with E-state index in [1.807, 2.05) is 54.6 Å². The minimum Gasteiger partial charge on any atom is -0.490 e. The van der Waals surface area contributed by atoms with Crippen LogP contribution in [0.3, 0.4) is 0 Å². The Bertz CT molecular complexity index is 1950. The number of unbranched alkanes of at least 4 members (excludes halogenated alkanes) is 1. The Balaban J connectivity index is 1.36. The number of carbonyl (C=O) groups excluding carboxylic acids is 1. The lowest BCUT2D eigenvalue weighted by molar-refractivity contribution is -0.385. The molecule has 5 rings (SSSR count). The monoisotopic (exact) mass is 642 g/mol. The van der Waals surface area contributed by atoms with Crippen LogP contribution in [0.25, 0.3) is 46.1 Å². The highest BCUT2D eigenvalue weighted by Gasteiger charge is 2.25. The van der Waals surface area contributed by atoms with Crippen molar-refractivity contribution in [1.82, 2.24) is 15.3 Å². The molecule has 0 saturated heterocycles. The summed E-state index contributed by atoms with van der Waals surface area (Å²) in [5.74, 6) is -0.823. The van der Waals surface area contributed by atoms with Gasteiger partial charge in [0.2, 0.25) is 5.91 Å². The van der Waals surface area contributed by atoms with Crippen LogP contribution in [0.1, 0.15) is 29.5 Å². The number of amides is 1. The van der Waals surface area contributed by atoms with E-state index in [-0.39, 0.29) is 28.7 Å². The molecule has 0 atom stereocenters.